The van der Waals surface area contributed by atoms with Gasteiger partial charge >= 0.3 is 0 Å². The summed E-state index contributed by atoms with van der Waals surface area (Å²) in [6.07, 6.45) is 0.887. The Kier molecular flexibility index (Phi) is 4.76. The Bertz CT molecular complexity index is 477. The SMILES string of the molecule is Nc1nc(N2CCC(N)C2)sc1C(=O)NC(CO)CO. The highest BCUT2D eigenvalue weighted by molar-refractivity contribution is 7.18. The summed E-state index contributed by atoms with van der Waals surface area (Å²) in [7, 11) is 0. The average molecular weight is 301 g/mol. The van der Waals surface area contributed by atoms with Gasteiger partial charge in [-0.3, -0.25) is 4.79 Å². The van der Waals surface area contributed by atoms with Gasteiger partial charge in [-0.15, -0.1) is 0 Å². The number of nitrogens with one attached hydrogen (secondary N) is 1. The minimum absolute atomic E-state index is 0.116. The highest BCUT2D eigenvalue weighted by Crippen LogP contribution is 2.30. The van der Waals surface area contributed by atoms with E-state index in [-0.39, 0.29) is 30.0 Å². The standard InChI is InChI=1S/C11H19N5O3S/c12-6-1-2-16(3-6)11-15-9(13)8(20-11)10(19)14-7(4-17)5-18/h6-7,17-18H,1-5,12-13H2,(H,14,19). The first-order valence-electron chi connectivity index (χ1n) is 6.34. The van der Waals surface area contributed by atoms with E-state index in [1.807, 2.05) is 4.90 Å². The van der Waals surface area contributed by atoms with Crippen molar-refractivity contribution in [1.29, 1.82) is 0 Å². The fourth-order valence-electron chi connectivity index (χ4n) is 1.98. The molecule has 0 aliphatic carbocycles. The molecule has 8 nitrogen and oxygen atoms in total. The van der Waals surface area contributed by atoms with Crippen molar-refractivity contribution in [2.75, 3.05) is 36.9 Å². The van der Waals surface area contributed by atoms with Crippen LogP contribution >= 0.6 is 11.3 Å². The molecule has 2 rings (SSSR count). The Labute approximate surface area is 120 Å². The lowest BCUT2D eigenvalue weighted by atomic mass is 10.3. The van der Waals surface area contributed by atoms with Crippen molar-refractivity contribution < 1.29 is 15.0 Å². The highest BCUT2D eigenvalue weighted by Gasteiger charge is 2.25. The molecule has 20 heavy (non-hydrogen) atoms. The lowest BCUT2D eigenvalue weighted by Gasteiger charge is -2.13. The maximum atomic E-state index is 12.0. The predicted molar refractivity (Wildman–Crippen MR) is 76.8 cm³/mol. The maximum Gasteiger partial charge on any atom is 0.265 e. The molecule has 7 N–H and O–H groups in total. The summed E-state index contributed by atoms with van der Waals surface area (Å²) < 4.78 is 0. The van der Waals surface area contributed by atoms with Gasteiger partial charge < -0.3 is 31.9 Å². The Morgan fingerprint density at radius 3 is 2.80 bits per heavy atom. The molecule has 0 spiro atoms. The summed E-state index contributed by atoms with van der Waals surface area (Å²) in [5.74, 6) is -0.291. The van der Waals surface area contributed by atoms with E-state index < -0.39 is 11.9 Å². The van der Waals surface area contributed by atoms with E-state index in [2.05, 4.69) is 10.3 Å². The quantitative estimate of drug-likeness (QED) is 0.439. The number of nitrogens with zero attached hydrogens (tertiary/aromatic N) is 2. The second-order valence-electron chi connectivity index (χ2n) is 4.74. The van der Waals surface area contributed by atoms with E-state index in [0.717, 1.165) is 13.0 Å². The number of aliphatic hydroxyl groups is 2. The van der Waals surface area contributed by atoms with Crippen molar-refractivity contribution in [2.45, 2.75) is 18.5 Å². The number of anilines is 2. The van der Waals surface area contributed by atoms with Gasteiger partial charge in [-0.05, 0) is 6.42 Å². The molecule has 9 heteroatoms. The molecule has 1 atom stereocenters. The molecule has 1 aromatic rings. The molecule has 1 fully saturated rings. The molecule has 0 radical (unpaired) electrons. The molecule has 1 amide bonds. The lowest BCUT2D eigenvalue weighted by Crippen LogP contribution is -2.40. The molecule has 0 aromatic carbocycles. The van der Waals surface area contributed by atoms with Gasteiger partial charge in [-0.1, -0.05) is 11.3 Å². The van der Waals surface area contributed by atoms with Crippen molar-refractivity contribution in [3.8, 4) is 0 Å². The molecule has 2 heterocycles. The first kappa shape index (κ1) is 15.0. The van der Waals surface area contributed by atoms with Crippen molar-refractivity contribution in [3.63, 3.8) is 0 Å². The van der Waals surface area contributed by atoms with Crippen molar-refractivity contribution in [3.05, 3.63) is 4.88 Å². The highest BCUT2D eigenvalue weighted by atomic mass is 32.1. The van der Waals surface area contributed by atoms with Crippen molar-refractivity contribution in [1.82, 2.24) is 10.3 Å². The monoisotopic (exact) mass is 301 g/mol. The van der Waals surface area contributed by atoms with Crippen LogP contribution in [0.25, 0.3) is 0 Å². The van der Waals surface area contributed by atoms with Crippen LogP contribution in [0.2, 0.25) is 0 Å². The molecule has 0 saturated carbocycles. The number of hydrogen-bond acceptors (Lipinski definition) is 8. The number of carbonyl (C=O) groups is 1. The third-order valence-electron chi connectivity index (χ3n) is 3.12. The third kappa shape index (κ3) is 3.18. The van der Waals surface area contributed by atoms with Crippen molar-refractivity contribution in [2.24, 2.45) is 5.73 Å². The van der Waals surface area contributed by atoms with E-state index in [9.17, 15) is 4.79 Å². The normalized spacial score (nSPS) is 18.8. The number of nitrogens with two attached hydrogens (primary N) is 2. The molecule has 1 aliphatic rings. The summed E-state index contributed by atoms with van der Waals surface area (Å²) in [5.41, 5.74) is 11.6. The van der Waals surface area contributed by atoms with Crippen LogP contribution in [0, 0.1) is 0 Å². The van der Waals surface area contributed by atoms with Gasteiger partial charge in [0.2, 0.25) is 0 Å². The maximum absolute atomic E-state index is 12.0. The minimum Gasteiger partial charge on any atom is -0.394 e. The van der Waals surface area contributed by atoms with Crippen LogP contribution in [0.1, 0.15) is 16.1 Å². The number of nitrogen functional groups attached to an aromatic ring is 1. The molecule has 1 aromatic heterocycles. The Balaban J connectivity index is 2.09. The second kappa shape index (κ2) is 6.35. The van der Waals surface area contributed by atoms with E-state index in [1.165, 1.54) is 11.3 Å². The summed E-state index contributed by atoms with van der Waals surface area (Å²) in [6.45, 7) is 0.818. The fourth-order valence-corrected chi connectivity index (χ4v) is 2.90. The second-order valence-corrected chi connectivity index (χ2v) is 5.72. The summed E-state index contributed by atoms with van der Waals surface area (Å²) in [5, 5.41) is 21.1. The zero-order chi connectivity index (χ0) is 14.7. The number of thiazole rings is 1. The molecular weight excluding hydrogens is 282 g/mol. The molecular formula is C11H19N5O3S. The first-order valence-corrected chi connectivity index (χ1v) is 7.16. The average Bonchev–Trinajstić information content (AvgIpc) is 3.01. The largest absolute Gasteiger partial charge is 0.394 e. The molecule has 112 valence electrons. The van der Waals surface area contributed by atoms with E-state index in [0.29, 0.717) is 11.7 Å². The molecule has 0 bridgehead atoms. The van der Waals surface area contributed by atoms with Crippen LogP contribution in [-0.4, -0.2) is 59.5 Å². The smallest absolute Gasteiger partial charge is 0.265 e. The molecule has 1 saturated heterocycles. The van der Waals surface area contributed by atoms with Crippen LogP contribution in [-0.2, 0) is 0 Å². The van der Waals surface area contributed by atoms with Crippen LogP contribution in [0.3, 0.4) is 0 Å². The minimum atomic E-state index is -0.701. The van der Waals surface area contributed by atoms with Gasteiger partial charge in [-0.2, -0.15) is 0 Å². The first-order chi connectivity index (χ1) is 9.55. The van der Waals surface area contributed by atoms with E-state index >= 15 is 0 Å². The zero-order valence-electron chi connectivity index (χ0n) is 11.0. The van der Waals surface area contributed by atoms with Crippen LogP contribution < -0.4 is 21.7 Å². The Hall–Kier alpha value is -1.42. The molecule has 1 unspecified atom stereocenters. The third-order valence-corrected chi connectivity index (χ3v) is 4.25. The van der Waals surface area contributed by atoms with E-state index in [4.69, 9.17) is 21.7 Å². The van der Waals surface area contributed by atoms with E-state index in [1.54, 1.807) is 0 Å². The Morgan fingerprint density at radius 2 is 2.25 bits per heavy atom. The topological polar surface area (TPSA) is 138 Å². The van der Waals surface area contributed by atoms with Gasteiger partial charge in [-0.25, -0.2) is 4.98 Å². The fraction of sp³-hybridized carbons (Fsp3) is 0.636. The van der Waals surface area contributed by atoms with Gasteiger partial charge in [0.1, 0.15) is 10.7 Å². The van der Waals surface area contributed by atoms with Crippen LogP contribution in [0.15, 0.2) is 0 Å². The summed E-state index contributed by atoms with van der Waals surface area (Å²) in [4.78, 5) is 18.5. The number of amides is 1. The van der Waals surface area contributed by atoms with Gasteiger partial charge in [0.25, 0.3) is 5.91 Å². The van der Waals surface area contributed by atoms with Crippen LogP contribution in [0.4, 0.5) is 10.9 Å². The number of hydrogen-bond donors (Lipinski definition) is 5. The number of aromatic nitrogens is 1. The number of carbonyl (C=O) groups excluding carboxylic acids is 1. The van der Waals surface area contributed by atoms with Crippen LogP contribution in [0.5, 0.6) is 0 Å². The lowest BCUT2D eigenvalue weighted by molar-refractivity contribution is 0.0884. The Morgan fingerprint density at radius 1 is 1.55 bits per heavy atom. The summed E-state index contributed by atoms with van der Waals surface area (Å²) in [6, 6.07) is -0.585. The predicted octanol–water partition coefficient (Wildman–Crippen LogP) is -1.65. The molecule has 1 aliphatic heterocycles. The van der Waals surface area contributed by atoms with Gasteiger partial charge in [0.05, 0.1) is 19.3 Å². The van der Waals surface area contributed by atoms with Crippen molar-refractivity contribution >= 4 is 28.2 Å². The van der Waals surface area contributed by atoms with Gasteiger partial charge in [0.15, 0.2) is 5.13 Å². The number of rotatable bonds is 5. The van der Waals surface area contributed by atoms with Gasteiger partial charge in [0, 0.05) is 19.1 Å². The number of aliphatic hydroxyl groups excluding tert-OH is 2. The summed E-state index contributed by atoms with van der Waals surface area (Å²) >= 11 is 1.19. The zero-order valence-corrected chi connectivity index (χ0v) is 11.8.